The van der Waals surface area contributed by atoms with Gasteiger partial charge in [-0.25, -0.2) is 9.97 Å². The summed E-state index contributed by atoms with van der Waals surface area (Å²) in [7, 11) is 0. The van der Waals surface area contributed by atoms with Crippen molar-refractivity contribution in [1.82, 2.24) is 27.9 Å². The normalized spacial score (nSPS) is 12.3. The van der Waals surface area contributed by atoms with E-state index in [1.54, 1.807) is 0 Å². The molecule has 0 radical (unpaired) electrons. The highest BCUT2D eigenvalue weighted by molar-refractivity contribution is 7.25. The Hall–Kier alpha value is -6.70. The van der Waals surface area contributed by atoms with Gasteiger partial charge in [-0.2, -0.15) is 0 Å². The SMILES string of the molecule is c1ccc(-n2c3ccc(-c4ccc5c(c4)n4c6ccccc6nc4n5-c4ccc5sc6ccccc6c5c4)cc3n3c4ccccc4nc23)cc1. The molecule has 0 bridgehead atoms. The number of para-hydroxylation sites is 5. The molecule has 0 fully saturated rings. The van der Waals surface area contributed by atoms with E-state index in [9.17, 15) is 0 Å². The average Bonchev–Trinajstić information content (AvgIpc) is 3.98. The summed E-state index contributed by atoms with van der Waals surface area (Å²) in [6.45, 7) is 0. The zero-order valence-electron chi connectivity index (χ0n) is 27.1. The van der Waals surface area contributed by atoms with E-state index >= 15 is 0 Å². The number of fused-ring (bicyclic) bond motifs is 13. The first kappa shape index (κ1) is 27.2. The number of hydrogen-bond donors (Lipinski definition) is 0. The van der Waals surface area contributed by atoms with E-state index in [4.69, 9.17) is 9.97 Å². The number of rotatable bonds is 3. The number of nitrogens with zero attached hydrogens (tertiary/aromatic N) is 6. The van der Waals surface area contributed by atoms with Crippen LogP contribution in [0.15, 0.2) is 158 Å². The summed E-state index contributed by atoms with van der Waals surface area (Å²) in [5.41, 5.74) is 13.1. The van der Waals surface area contributed by atoms with Gasteiger partial charge < -0.3 is 0 Å². The largest absolute Gasteiger partial charge is 0.278 e. The van der Waals surface area contributed by atoms with Crippen molar-refractivity contribution in [1.29, 1.82) is 0 Å². The molecule has 7 aromatic carbocycles. The maximum atomic E-state index is 5.21. The third-order valence-electron chi connectivity index (χ3n) is 10.4. The van der Waals surface area contributed by atoms with Crippen molar-refractivity contribution in [3.8, 4) is 22.5 Å². The molecule has 0 aliphatic heterocycles. The molecule has 238 valence electrons. The van der Waals surface area contributed by atoms with Gasteiger partial charge in [0.25, 0.3) is 0 Å². The maximum Gasteiger partial charge on any atom is 0.220 e. The van der Waals surface area contributed by atoms with Crippen molar-refractivity contribution in [3.05, 3.63) is 158 Å². The van der Waals surface area contributed by atoms with Gasteiger partial charge >= 0.3 is 0 Å². The monoisotopic (exact) mass is 670 g/mol. The summed E-state index contributed by atoms with van der Waals surface area (Å²) in [5.74, 6) is 1.81. The first-order chi connectivity index (χ1) is 25.3. The second-order valence-electron chi connectivity index (χ2n) is 13.2. The lowest BCUT2D eigenvalue weighted by Crippen LogP contribution is -1.95. The van der Waals surface area contributed by atoms with E-state index in [0.717, 1.165) is 78.2 Å². The van der Waals surface area contributed by atoms with E-state index in [1.807, 2.05) is 11.3 Å². The van der Waals surface area contributed by atoms with Crippen LogP contribution in [-0.2, 0) is 0 Å². The quantitative estimate of drug-likeness (QED) is 0.188. The lowest BCUT2D eigenvalue weighted by Gasteiger charge is -2.08. The molecule has 0 saturated heterocycles. The number of hydrogen-bond acceptors (Lipinski definition) is 3. The molecule has 0 N–H and O–H groups in total. The maximum absolute atomic E-state index is 5.21. The highest BCUT2D eigenvalue weighted by atomic mass is 32.1. The predicted molar refractivity (Wildman–Crippen MR) is 211 cm³/mol. The van der Waals surface area contributed by atoms with E-state index in [1.165, 1.54) is 20.2 Å². The van der Waals surface area contributed by atoms with Crippen LogP contribution in [0.3, 0.4) is 0 Å². The Labute approximate surface area is 294 Å². The molecule has 0 aliphatic carbocycles. The molecule has 5 aromatic heterocycles. The molecule has 6 nitrogen and oxygen atoms in total. The lowest BCUT2D eigenvalue weighted by atomic mass is 10.0. The van der Waals surface area contributed by atoms with Gasteiger partial charge in [-0.05, 0) is 96.1 Å². The molecule has 12 aromatic rings. The van der Waals surface area contributed by atoms with Gasteiger partial charge in [0.15, 0.2) is 0 Å². The lowest BCUT2D eigenvalue weighted by molar-refractivity contribution is 1.11. The second kappa shape index (κ2) is 9.94. The summed E-state index contributed by atoms with van der Waals surface area (Å²) < 4.78 is 11.8. The molecule has 12 rings (SSSR count). The second-order valence-corrected chi connectivity index (χ2v) is 14.2. The van der Waals surface area contributed by atoms with Gasteiger partial charge in [-0.3, -0.25) is 17.9 Å². The Morgan fingerprint density at radius 3 is 1.59 bits per heavy atom. The van der Waals surface area contributed by atoms with Crippen LogP contribution in [0.1, 0.15) is 0 Å². The predicted octanol–water partition coefficient (Wildman–Crippen LogP) is 11.2. The molecular weight excluding hydrogens is 645 g/mol. The zero-order valence-corrected chi connectivity index (χ0v) is 27.9. The van der Waals surface area contributed by atoms with Crippen LogP contribution in [-0.4, -0.2) is 27.9 Å². The van der Waals surface area contributed by atoms with E-state index < -0.39 is 0 Å². The van der Waals surface area contributed by atoms with Crippen molar-refractivity contribution >= 4 is 87.2 Å². The molecule has 7 heteroatoms. The van der Waals surface area contributed by atoms with E-state index in [2.05, 4.69) is 176 Å². The van der Waals surface area contributed by atoms with E-state index in [0.29, 0.717) is 0 Å². The first-order valence-corrected chi connectivity index (χ1v) is 17.9. The fourth-order valence-corrected chi connectivity index (χ4v) is 9.19. The smallest absolute Gasteiger partial charge is 0.220 e. The van der Waals surface area contributed by atoms with Crippen molar-refractivity contribution in [2.75, 3.05) is 0 Å². The average molecular weight is 671 g/mol. The summed E-state index contributed by atoms with van der Waals surface area (Å²) in [6, 6.07) is 56.4. The van der Waals surface area contributed by atoms with Crippen LogP contribution in [0.25, 0.3) is 98.4 Å². The van der Waals surface area contributed by atoms with Crippen LogP contribution >= 0.6 is 11.3 Å². The molecule has 5 heterocycles. The van der Waals surface area contributed by atoms with Crippen molar-refractivity contribution in [3.63, 3.8) is 0 Å². The standard InChI is InChI=1S/C44H26N6S/c1-2-10-29(11-3-1)47-37-21-18-27(24-39(37)49-35-15-7-5-13-33(35)45-43(47)49)28-19-22-38-40(25-28)50-36-16-8-6-14-34(36)46-44(50)48(38)30-20-23-42-32(26-30)31-12-4-9-17-41(31)51-42/h1-26H. The summed E-state index contributed by atoms with van der Waals surface area (Å²) in [5, 5.41) is 2.56. The third kappa shape index (κ3) is 3.70. The number of thiophene rings is 1. The van der Waals surface area contributed by atoms with Crippen LogP contribution < -0.4 is 0 Å². The van der Waals surface area contributed by atoms with Crippen molar-refractivity contribution in [2.45, 2.75) is 0 Å². The van der Waals surface area contributed by atoms with Gasteiger partial charge in [-0.15, -0.1) is 11.3 Å². The topological polar surface area (TPSA) is 44.5 Å². The summed E-state index contributed by atoms with van der Waals surface area (Å²) >= 11 is 1.84. The van der Waals surface area contributed by atoms with Gasteiger partial charge in [0, 0.05) is 31.5 Å². The Kier molecular flexibility index (Phi) is 5.29. The number of benzene rings is 7. The molecule has 51 heavy (non-hydrogen) atoms. The van der Waals surface area contributed by atoms with Crippen molar-refractivity contribution < 1.29 is 0 Å². The van der Waals surface area contributed by atoms with E-state index in [-0.39, 0.29) is 0 Å². The van der Waals surface area contributed by atoms with Gasteiger partial charge in [0.1, 0.15) is 0 Å². The fourth-order valence-electron chi connectivity index (χ4n) is 8.10. The minimum absolute atomic E-state index is 0.907. The summed E-state index contributed by atoms with van der Waals surface area (Å²) in [6.07, 6.45) is 0. The van der Waals surface area contributed by atoms with Crippen LogP contribution in [0.5, 0.6) is 0 Å². The minimum atomic E-state index is 0.907. The fraction of sp³-hybridized carbons (Fsp3) is 0. The number of imidazole rings is 4. The Morgan fingerprint density at radius 1 is 0.373 bits per heavy atom. The Balaban J connectivity index is 1.12. The van der Waals surface area contributed by atoms with Crippen molar-refractivity contribution in [2.24, 2.45) is 0 Å². The molecular formula is C44H26N6S. The zero-order chi connectivity index (χ0) is 33.2. The molecule has 0 aliphatic rings. The Bertz CT molecular complexity index is 3370. The van der Waals surface area contributed by atoms with Crippen LogP contribution in [0.2, 0.25) is 0 Å². The van der Waals surface area contributed by atoms with Gasteiger partial charge in [-0.1, -0.05) is 72.8 Å². The Morgan fingerprint density at radius 2 is 0.922 bits per heavy atom. The highest BCUT2D eigenvalue weighted by Gasteiger charge is 2.21. The first-order valence-electron chi connectivity index (χ1n) is 17.1. The minimum Gasteiger partial charge on any atom is -0.278 e. The van der Waals surface area contributed by atoms with Crippen LogP contribution in [0.4, 0.5) is 0 Å². The molecule has 0 spiro atoms. The number of aromatic nitrogens is 6. The summed E-state index contributed by atoms with van der Waals surface area (Å²) in [4.78, 5) is 10.3. The highest BCUT2D eigenvalue weighted by Crippen LogP contribution is 2.38. The van der Waals surface area contributed by atoms with Gasteiger partial charge in [0.2, 0.25) is 11.6 Å². The molecule has 0 atom stereocenters. The molecule has 0 unspecified atom stereocenters. The third-order valence-corrected chi connectivity index (χ3v) is 11.5. The van der Waals surface area contributed by atoms with Crippen LogP contribution in [0, 0.1) is 0 Å². The van der Waals surface area contributed by atoms with Gasteiger partial charge in [0.05, 0.1) is 44.1 Å². The molecule has 0 amide bonds. The molecule has 0 saturated carbocycles.